The van der Waals surface area contributed by atoms with Crippen molar-refractivity contribution in [3.8, 4) is 0 Å². The largest absolute Gasteiger partial charge is 0.360 e. The third kappa shape index (κ3) is 1.94. The lowest BCUT2D eigenvalue weighted by atomic mass is 9.71. The Bertz CT molecular complexity index is 579. The molecule has 3 rings (SSSR count). The van der Waals surface area contributed by atoms with Gasteiger partial charge in [0.15, 0.2) is 0 Å². The highest BCUT2D eigenvalue weighted by Crippen LogP contribution is 2.43. The standard InChI is InChI=1S/C15H17Cl2N/c1-15(5-3-2-4-6-15)12-9-18-14-11(12)7-10(16)8-13(14)17/h7-9,18H,2-6H2,1H3. The van der Waals surface area contributed by atoms with Gasteiger partial charge in [0.2, 0.25) is 0 Å². The zero-order chi connectivity index (χ0) is 12.8. The summed E-state index contributed by atoms with van der Waals surface area (Å²) in [4.78, 5) is 3.32. The summed E-state index contributed by atoms with van der Waals surface area (Å²) in [5.41, 5.74) is 2.66. The van der Waals surface area contributed by atoms with Gasteiger partial charge in [-0.25, -0.2) is 0 Å². The molecule has 0 bridgehead atoms. The quantitative estimate of drug-likeness (QED) is 0.690. The molecular weight excluding hydrogens is 265 g/mol. The van der Waals surface area contributed by atoms with Gasteiger partial charge in [-0.1, -0.05) is 49.4 Å². The van der Waals surface area contributed by atoms with Crippen molar-refractivity contribution >= 4 is 34.1 Å². The topological polar surface area (TPSA) is 15.8 Å². The molecule has 1 aliphatic carbocycles. The number of hydrogen-bond donors (Lipinski definition) is 1. The molecule has 1 nitrogen and oxygen atoms in total. The molecule has 0 amide bonds. The molecular formula is C15H17Cl2N. The minimum atomic E-state index is 0.268. The van der Waals surface area contributed by atoms with Crippen LogP contribution in [0.1, 0.15) is 44.6 Å². The van der Waals surface area contributed by atoms with E-state index in [2.05, 4.69) is 18.1 Å². The molecule has 0 aliphatic heterocycles. The second-order valence-electron chi connectivity index (χ2n) is 5.63. The monoisotopic (exact) mass is 281 g/mol. The van der Waals surface area contributed by atoms with E-state index in [0.717, 1.165) is 5.52 Å². The molecule has 0 spiro atoms. The zero-order valence-corrected chi connectivity index (χ0v) is 12.0. The lowest BCUT2D eigenvalue weighted by molar-refractivity contribution is 0.322. The lowest BCUT2D eigenvalue weighted by Gasteiger charge is -2.33. The first-order valence-electron chi connectivity index (χ1n) is 6.57. The summed E-state index contributed by atoms with van der Waals surface area (Å²) >= 11 is 12.4. The van der Waals surface area contributed by atoms with E-state index in [1.54, 1.807) is 6.07 Å². The van der Waals surface area contributed by atoms with Crippen molar-refractivity contribution in [3.63, 3.8) is 0 Å². The van der Waals surface area contributed by atoms with E-state index < -0.39 is 0 Å². The molecule has 1 heterocycles. The highest BCUT2D eigenvalue weighted by Gasteiger charge is 2.31. The maximum Gasteiger partial charge on any atom is 0.0661 e. The van der Waals surface area contributed by atoms with E-state index in [9.17, 15) is 0 Å². The number of nitrogens with one attached hydrogen (secondary N) is 1. The smallest absolute Gasteiger partial charge is 0.0661 e. The van der Waals surface area contributed by atoms with Crippen molar-refractivity contribution in [1.29, 1.82) is 0 Å². The Hall–Kier alpha value is -0.660. The van der Waals surface area contributed by atoms with Crippen LogP contribution < -0.4 is 0 Å². The zero-order valence-electron chi connectivity index (χ0n) is 10.5. The predicted octanol–water partition coefficient (Wildman–Crippen LogP) is 5.70. The Balaban J connectivity index is 2.17. The molecule has 1 N–H and O–H groups in total. The molecule has 0 atom stereocenters. The predicted molar refractivity (Wildman–Crippen MR) is 78.8 cm³/mol. The maximum absolute atomic E-state index is 6.24. The minimum absolute atomic E-state index is 0.268. The molecule has 2 aromatic rings. The van der Waals surface area contributed by atoms with Gasteiger partial charge in [-0.2, -0.15) is 0 Å². The number of benzene rings is 1. The summed E-state index contributed by atoms with van der Waals surface area (Å²) < 4.78 is 0. The summed E-state index contributed by atoms with van der Waals surface area (Å²) in [5, 5.41) is 2.62. The molecule has 96 valence electrons. The summed E-state index contributed by atoms with van der Waals surface area (Å²) in [6.07, 6.45) is 8.63. The van der Waals surface area contributed by atoms with E-state index in [1.165, 1.54) is 43.1 Å². The van der Waals surface area contributed by atoms with E-state index >= 15 is 0 Å². The summed E-state index contributed by atoms with van der Waals surface area (Å²) in [6, 6.07) is 3.84. The van der Waals surface area contributed by atoms with E-state index in [0.29, 0.717) is 10.0 Å². The van der Waals surface area contributed by atoms with Crippen LogP contribution in [0.25, 0.3) is 10.9 Å². The van der Waals surface area contributed by atoms with E-state index in [4.69, 9.17) is 23.2 Å². The Morgan fingerprint density at radius 1 is 1.11 bits per heavy atom. The fraction of sp³-hybridized carbons (Fsp3) is 0.467. The Kier molecular flexibility index (Phi) is 3.07. The van der Waals surface area contributed by atoms with Gasteiger partial charge < -0.3 is 4.98 Å². The number of hydrogen-bond acceptors (Lipinski definition) is 0. The van der Waals surface area contributed by atoms with Gasteiger partial charge in [0, 0.05) is 16.6 Å². The van der Waals surface area contributed by atoms with Gasteiger partial charge in [-0.3, -0.25) is 0 Å². The van der Waals surface area contributed by atoms with Crippen molar-refractivity contribution in [3.05, 3.63) is 33.9 Å². The van der Waals surface area contributed by atoms with Crippen LogP contribution in [-0.2, 0) is 5.41 Å². The number of aromatic amines is 1. The third-order valence-corrected chi connectivity index (χ3v) is 4.83. The summed E-state index contributed by atoms with van der Waals surface area (Å²) in [5.74, 6) is 0. The molecule has 18 heavy (non-hydrogen) atoms. The molecule has 3 heteroatoms. The highest BCUT2D eigenvalue weighted by molar-refractivity contribution is 6.38. The fourth-order valence-electron chi connectivity index (χ4n) is 3.26. The molecule has 0 saturated heterocycles. The van der Waals surface area contributed by atoms with Crippen molar-refractivity contribution in [1.82, 2.24) is 4.98 Å². The van der Waals surface area contributed by atoms with Gasteiger partial charge in [0.05, 0.1) is 10.5 Å². The van der Waals surface area contributed by atoms with Crippen LogP contribution in [0.3, 0.4) is 0 Å². The Labute approximate surface area is 117 Å². The normalized spacial score (nSPS) is 19.3. The molecule has 1 saturated carbocycles. The van der Waals surface area contributed by atoms with E-state index in [1.807, 2.05) is 6.07 Å². The molecule has 0 unspecified atom stereocenters. The Morgan fingerprint density at radius 3 is 2.56 bits per heavy atom. The van der Waals surface area contributed by atoms with Crippen LogP contribution in [0.15, 0.2) is 18.3 Å². The Morgan fingerprint density at radius 2 is 1.83 bits per heavy atom. The van der Waals surface area contributed by atoms with Crippen molar-refractivity contribution in [2.75, 3.05) is 0 Å². The summed E-state index contributed by atoms with van der Waals surface area (Å²) in [6.45, 7) is 2.36. The molecule has 1 fully saturated rings. The van der Waals surface area contributed by atoms with Gasteiger partial charge in [0.1, 0.15) is 0 Å². The van der Waals surface area contributed by atoms with Gasteiger partial charge in [-0.15, -0.1) is 0 Å². The number of aromatic nitrogens is 1. The highest BCUT2D eigenvalue weighted by atomic mass is 35.5. The van der Waals surface area contributed by atoms with Crippen LogP contribution in [0.2, 0.25) is 10.0 Å². The van der Waals surface area contributed by atoms with Crippen LogP contribution >= 0.6 is 23.2 Å². The lowest BCUT2D eigenvalue weighted by Crippen LogP contribution is -2.24. The SMILES string of the molecule is CC1(c2c[nH]c3c(Cl)cc(Cl)cc23)CCCCC1. The third-order valence-electron chi connectivity index (χ3n) is 4.31. The summed E-state index contributed by atoms with van der Waals surface area (Å²) in [7, 11) is 0. The molecule has 1 aromatic heterocycles. The first kappa shape index (κ1) is 12.4. The van der Waals surface area contributed by atoms with Crippen molar-refractivity contribution < 1.29 is 0 Å². The number of fused-ring (bicyclic) bond motifs is 1. The van der Waals surface area contributed by atoms with Gasteiger partial charge >= 0.3 is 0 Å². The van der Waals surface area contributed by atoms with E-state index in [-0.39, 0.29) is 5.41 Å². The molecule has 1 aromatic carbocycles. The van der Waals surface area contributed by atoms with Crippen LogP contribution in [0.4, 0.5) is 0 Å². The molecule has 0 radical (unpaired) electrons. The molecule has 1 aliphatic rings. The van der Waals surface area contributed by atoms with Gasteiger partial charge in [-0.05, 0) is 36.0 Å². The second kappa shape index (κ2) is 4.47. The van der Waals surface area contributed by atoms with Crippen LogP contribution in [0.5, 0.6) is 0 Å². The van der Waals surface area contributed by atoms with Crippen molar-refractivity contribution in [2.45, 2.75) is 44.4 Å². The number of halogens is 2. The van der Waals surface area contributed by atoms with Gasteiger partial charge in [0.25, 0.3) is 0 Å². The average molecular weight is 282 g/mol. The first-order chi connectivity index (χ1) is 8.60. The van der Waals surface area contributed by atoms with Crippen LogP contribution in [0, 0.1) is 0 Å². The minimum Gasteiger partial charge on any atom is -0.360 e. The maximum atomic E-state index is 6.24. The van der Waals surface area contributed by atoms with Crippen molar-refractivity contribution in [2.24, 2.45) is 0 Å². The first-order valence-corrected chi connectivity index (χ1v) is 7.32. The second-order valence-corrected chi connectivity index (χ2v) is 6.48. The average Bonchev–Trinajstić information content (AvgIpc) is 2.74. The fourth-order valence-corrected chi connectivity index (χ4v) is 3.80. The number of rotatable bonds is 1. The van der Waals surface area contributed by atoms with Crippen LogP contribution in [-0.4, -0.2) is 4.98 Å². The number of H-pyrrole nitrogens is 1.